The van der Waals surface area contributed by atoms with Gasteiger partial charge in [-0.2, -0.15) is 9.35 Å². The number of fused-ring (bicyclic) bond motifs is 2. The highest BCUT2D eigenvalue weighted by Gasteiger charge is 2.32. The van der Waals surface area contributed by atoms with Crippen LogP contribution in [-0.4, -0.2) is 75.0 Å². The molecule has 3 N–H and O–H groups in total. The van der Waals surface area contributed by atoms with Crippen molar-refractivity contribution in [3.05, 3.63) is 53.3 Å². The number of anilines is 1. The Labute approximate surface area is 231 Å². The van der Waals surface area contributed by atoms with Crippen molar-refractivity contribution in [3.8, 4) is 16.9 Å². The van der Waals surface area contributed by atoms with Crippen LogP contribution >= 0.6 is 11.6 Å². The highest BCUT2D eigenvalue weighted by molar-refractivity contribution is 7.93. The molecule has 0 radical (unpaired) electrons. The van der Waals surface area contributed by atoms with Crippen molar-refractivity contribution in [1.29, 1.82) is 0 Å². The number of nitrogens with two attached hydrogens (primary N) is 1. The Bertz CT molecular complexity index is 1720. The van der Waals surface area contributed by atoms with E-state index in [0.29, 0.717) is 60.4 Å². The zero-order chi connectivity index (χ0) is 27.5. The first kappa shape index (κ1) is 26.2. The van der Waals surface area contributed by atoms with Crippen molar-refractivity contribution >= 4 is 54.8 Å². The molecule has 2 aliphatic heterocycles. The number of aromatic nitrogens is 2. The standard InChI is InChI=1S/C28H30ClFN6O2S/c1-35(2)18-14-36(15-18)28-32-26-22(27(33-28)34-39(38)9-7-17(31)8-10-39)13-23(29)24(25(26)30)21-12-19(37)11-16-5-3-4-6-20(16)21/h3-6,11-13,17-18,37H,7-10,14-15,31H2,1-2H3/t17-,39+. The minimum atomic E-state index is -2.62. The number of aromatic hydroxyl groups is 1. The normalized spacial score (nSPS) is 22.0. The van der Waals surface area contributed by atoms with Gasteiger partial charge in [0.25, 0.3) is 0 Å². The Morgan fingerprint density at radius 1 is 1.13 bits per heavy atom. The number of halogens is 2. The number of benzene rings is 3. The molecule has 0 bridgehead atoms. The lowest BCUT2D eigenvalue weighted by molar-refractivity contribution is 0.245. The van der Waals surface area contributed by atoms with Gasteiger partial charge in [-0.05, 0) is 61.5 Å². The fourth-order valence-corrected chi connectivity index (χ4v) is 7.72. The Hall–Kier alpha value is -3.05. The average molecular weight is 569 g/mol. The van der Waals surface area contributed by atoms with Gasteiger partial charge in [-0.25, -0.2) is 13.6 Å². The smallest absolute Gasteiger partial charge is 0.228 e. The number of rotatable bonds is 4. The molecular weight excluding hydrogens is 539 g/mol. The van der Waals surface area contributed by atoms with E-state index in [1.165, 1.54) is 6.07 Å². The van der Waals surface area contributed by atoms with Gasteiger partial charge in [0.2, 0.25) is 5.95 Å². The van der Waals surface area contributed by atoms with E-state index >= 15 is 4.39 Å². The first-order chi connectivity index (χ1) is 18.6. The lowest BCUT2D eigenvalue weighted by atomic mass is 9.96. The summed E-state index contributed by atoms with van der Waals surface area (Å²) in [5.41, 5.74) is 6.68. The van der Waals surface area contributed by atoms with Gasteiger partial charge < -0.3 is 20.6 Å². The third-order valence-corrected chi connectivity index (χ3v) is 10.3. The van der Waals surface area contributed by atoms with Crippen molar-refractivity contribution in [3.63, 3.8) is 0 Å². The average Bonchev–Trinajstić information content (AvgIpc) is 2.85. The SMILES string of the molecule is CN(C)C1CN(c2nc(N=[S@]3(=O)CC[C@@H](N)CC3)c3cc(Cl)c(-c4cc(O)cc5ccccc45)c(F)c3n2)C1. The van der Waals surface area contributed by atoms with Crippen molar-refractivity contribution in [2.75, 3.05) is 43.6 Å². The number of hydrogen-bond donors (Lipinski definition) is 2. The number of nitrogens with zero attached hydrogens (tertiary/aromatic N) is 5. The van der Waals surface area contributed by atoms with E-state index in [2.05, 4.69) is 19.2 Å². The monoisotopic (exact) mass is 568 g/mol. The second-order valence-corrected chi connectivity index (χ2v) is 13.6. The molecule has 0 amide bonds. The molecule has 1 aromatic heterocycles. The van der Waals surface area contributed by atoms with E-state index in [0.717, 1.165) is 10.8 Å². The van der Waals surface area contributed by atoms with Gasteiger partial charge in [0.15, 0.2) is 11.6 Å². The number of phenols is 1. The molecule has 6 rings (SSSR count). The Balaban J connectivity index is 1.58. The van der Waals surface area contributed by atoms with E-state index in [1.807, 2.05) is 43.3 Å². The van der Waals surface area contributed by atoms with Gasteiger partial charge in [0.05, 0.1) is 20.1 Å². The van der Waals surface area contributed by atoms with Gasteiger partial charge in [0, 0.05) is 42.2 Å². The summed E-state index contributed by atoms with van der Waals surface area (Å²) >= 11 is 6.74. The summed E-state index contributed by atoms with van der Waals surface area (Å²) < 4.78 is 34.8. The Morgan fingerprint density at radius 3 is 2.56 bits per heavy atom. The van der Waals surface area contributed by atoms with Gasteiger partial charge in [-0.3, -0.25) is 0 Å². The van der Waals surface area contributed by atoms with Crippen LogP contribution in [0.4, 0.5) is 16.2 Å². The van der Waals surface area contributed by atoms with Crippen LogP contribution in [0.15, 0.2) is 46.8 Å². The van der Waals surface area contributed by atoms with Crippen molar-refractivity contribution in [1.82, 2.24) is 14.9 Å². The topological polar surface area (TPSA) is 108 Å². The van der Waals surface area contributed by atoms with Crippen LogP contribution in [0.2, 0.25) is 5.02 Å². The minimum absolute atomic E-state index is 0.000962. The summed E-state index contributed by atoms with van der Waals surface area (Å²) in [6.45, 7) is 1.36. The lowest BCUT2D eigenvalue weighted by Gasteiger charge is -2.42. The predicted molar refractivity (Wildman–Crippen MR) is 156 cm³/mol. The highest BCUT2D eigenvalue weighted by Crippen LogP contribution is 2.42. The van der Waals surface area contributed by atoms with Gasteiger partial charge in [-0.15, -0.1) is 0 Å². The zero-order valence-electron chi connectivity index (χ0n) is 21.8. The van der Waals surface area contributed by atoms with E-state index in [4.69, 9.17) is 17.3 Å². The van der Waals surface area contributed by atoms with E-state index < -0.39 is 15.5 Å². The maximum atomic E-state index is 16.5. The van der Waals surface area contributed by atoms with Gasteiger partial charge >= 0.3 is 0 Å². The third kappa shape index (κ3) is 4.80. The molecule has 204 valence electrons. The molecule has 0 saturated carbocycles. The predicted octanol–water partition coefficient (Wildman–Crippen LogP) is 4.92. The zero-order valence-corrected chi connectivity index (χ0v) is 23.3. The first-order valence-electron chi connectivity index (χ1n) is 12.9. The first-order valence-corrected chi connectivity index (χ1v) is 15.2. The van der Waals surface area contributed by atoms with E-state index in [-0.39, 0.29) is 33.7 Å². The summed E-state index contributed by atoms with van der Waals surface area (Å²) in [5.74, 6) is 0.607. The van der Waals surface area contributed by atoms with Crippen molar-refractivity contribution in [2.45, 2.75) is 24.9 Å². The van der Waals surface area contributed by atoms with Crippen LogP contribution in [0.3, 0.4) is 0 Å². The fraction of sp³-hybridized carbons (Fsp3) is 0.357. The summed E-state index contributed by atoms with van der Waals surface area (Å²) in [6.07, 6.45) is 1.22. The largest absolute Gasteiger partial charge is 0.508 e. The van der Waals surface area contributed by atoms with Gasteiger partial charge in [0.1, 0.15) is 11.3 Å². The lowest BCUT2D eigenvalue weighted by Crippen LogP contribution is -2.58. The minimum Gasteiger partial charge on any atom is -0.508 e. The molecule has 2 aliphatic rings. The summed E-state index contributed by atoms with van der Waals surface area (Å²) in [7, 11) is 1.40. The number of hydrogen-bond acceptors (Lipinski definition) is 8. The van der Waals surface area contributed by atoms with Crippen LogP contribution in [0.1, 0.15) is 12.8 Å². The molecule has 3 aromatic carbocycles. The summed E-state index contributed by atoms with van der Waals surface area (Å²) in [6, 6.07) is 12.5. The molecule has 11 heteroatoms. The maximum Gasteiger partial charge on any atom is 0.228 e. The molecule has 0 spiro atoms. The second kappa shape index (κ2) is 9.85. The van der Waals surface area contributed by atoms with E-state index in [9.17, 15) is 9.32 Å². The van der Waals surface area contributed by atoms with Gasteiger partial charge in [-0.1, -0.05) is 35.9 Å². The Kier molecular flexibility index (Phi) is 6.61. The van der Waals surface area contributed by atoms with Crippen molar-refractivity contribution in [2.24, 2.45) is 10.1 Å². The van der Waals surface area contributed by atoms with Crippen LogP contribution < -0.4 is 10.6 Å². The maximum absolute atomic E-state index is 16.5. The molecule has 8 nitrogen and oxygen atoms in total. The van der Waals surface area contributed by atoms with Crippen LogP contribution in [0.25, 0.3) is 32.8 Å². The highest BCUT2D eigenvalue weighted by atomic mass is 35.5. The molecule has 39 heavy (non-hydrogen) atoms. The van der Waals surface area contributed by atoms with E-state index in [1.54, 1.807) is 12.1 Å². The molecule has 3 heterocycles. The molecular formula is C28H30ClFN6O2S. The van der Waals surface area contributed by atoms with Crippen LogP contribution in [-0.2, 0) is 9.73 Å². The van der Waals surface area contributed by atoms with Crippen molar-refractivity contribution < 1.29 is 13.7 Å². The number of phenolic OH excluding ortho intramolecular Hbond substituents is 1. The number of likely N-dealkylation sites (N-methyl/N-ethyl adjacent to an activating group) is 1. The van der Waals surface area contributed by atoms with Crippen LogP contribution in [0, 0.1) is 5.82 Å². The molecule has 2 saturated heterocycles. The summed E-state index contributed by atoms with van der Waals surface area (Å²) in [4.78, 5) is 13.4. The quantitative estimate of drug-likeness (QED) is 0.360. The third-order valence-electron chi connectivity index (χ3n) is 7.71. The second-order valence-electron chi connectivity index (χ2n) is 10.6. The molecule has 2 fully saturated rings. The van der Waals surface area contributed by atoms with Crippen LogP contribution in [0.5, 0.6) is 5.75 Å². The molecule has 4 aromatic rings. The molecule has 0 unspecified atom stereocenters. The molecule has 0 aliphatic carbocycles. The molecule has 0 atom stereocenters. The fourth-order valence-electron chi connectivity index (χ4n) is 5.24. The Morgan fingerprint density at radius 2 is 1.85 bits per heavy atom. The summed E-state index contributed by atoms with van der Waals surface area (Å²) in [5, 5.41) is 12.3.